The second-order valence-corrected chi connectivity index (χ2v) is 7.80. The van der Waals surface area contributed by atoms with Crippen molar-refractivity contribution in [3.8, 4) is 0 Å². The fourth-order valence-corrected chi connectivity index (χ4v) is 4.63. The summed E-state index contributed by atoms with van der Waals surface area (Å²) < 4.78 is 1.68. The number of hydrogen-bond donors (Lipinski definition) is 0. The van der Waals surface area contributed by atoms with Crippen molar-refractivity contribution < 1.29 is 0 Å². The van der Waals surface area contributed by atoms with Crippen LogP contribution in [0.1, 0.15) is 41.1 Å². The molecule has 23 heavy (non-hydrogen) atoms. The van der Waals surface area contributed by atoms with Gasteiger partial charge in [0.05, 0.1) is 24.0 Å². The number of thiazole rings is 1. The third-order valence-corrected chi connectivity index (χ3v) is 6.16. The van der Waals surface area contributed by atoms with Crippen LogP contribution in [0.5, 0.6) is 0 Å². The van der Waals surface area contributed by atoms with Crippen LogP contribution in [0, 0.1) is 13.8 Å². The van der Waals surface area contributed by atoms with E-state index < -0.39 is 0 Å². The van der Waals surface area contributed by atoms with E-state index >= 15 is 0 Å². The molecule has 3 heterocycles. The summed E-state index contributed by atoms with van der Waals surface area (Å²) in [5.74, 6) is 0. The second kappa shape index (κ2) is 5.74. The third-order valence-electron chi connectivity index (χ3n) is 5.05. The standard InChI is InChI=1S/C17H22N4OS/c1-11-12(2)23-17(18-11)20-8-4-6-14(20)10-21-16(22)9-13-5-3-7-15(13)19-21/h9,14H,3-8,10H2,1-2H3. The van der Waals surface area contributed by atoms with Gasteiger partial charge >= 0.3 is 0 Å². The predicted molar refractivity (Wildman–Crippen MR) is 92.5 cm³/mol. The highest BCUT2D eigenvalue weighted by Crippen LogP contribution is 2.31. The second-order valence-electron chi connectivity index (χ2n) is 6.62. The molecule has 4 rings (SSSR count). The van der Waals surface area contributed by atoms with Crippen molar-refractivity contribution in [3.63, 3.8) is 0 Å². The summed E-state index contributed by atoms with van der Waals surface area (Å²) in [4.78, 5) is 20.7. The van der Waals surface area contributed by atoms with Gasteiger partial charge in [-0.25, -0.2) is 9.67 Å². The van der Waals surface area contributed by atoms with Crippen LogP contribution < -0.4 is 10.5 Å². The minimum atomic E-state index is 0.0454. The average Bonchev–Trinajstić information content (AvgIpc) is 3.21. The van der Waals surface area contributed by atoms with Crippen molar-refractivity contribution in [1.82, 2.24) is 14.8 Å². The molecule has 1 aliphatic heterocycles. The Bertz CT molecular complexity index is 775. The molecule has 0 bridgehead atoms. The quantitative estimate of drug-likeness (QED) is 0.867. The topological polar surface area (TPSA) is 51.0 Å². The number of anilines is 1. The van der Waals surface area contributed by atoms with Gasteiger partial charge in [-0.3, -0.25) is 4.79 Å². The summed E-state index contributed by atoms with van der Waals surface area (Å²) in [5.41, 5.74) is 3.43. The first-order valence-corrected chi connectivity index (χ1v) is 9.24. The Morgan fingerprint density at radius 3 is 2.96 bits per heavy atom. The minimum Gasteiger partial charge on any atom is -0.343 e. The molecular formula is C17H22N4OS. The normalized spacial score (nSPS) is 20.3. The lowest BCUT2D eigenvalue weighted by atomic mass is 10.2. The molecule has 2 aromatic rings. The lowest BCUT2D eigenvalue weighted by molar-refractivity contribution is 0.483. The van der Waals surface area contributed by atoms with Crippen LogP contribution in [-0.2, 0) is 19.4 Å². The summed E-state index contributed by atoms with van der Waals surface area (Å²) in [6, 6.07) is 2.12. The molecule has 2 aliphatic rings. The van der Waals surface area contributed by atoms with Gasteiger partial charge in [0.25, 0.3) is 5.56 Å². The van der Waals surface area contributed by atoms with Gasteiger partial charge in [-0.05, 0) is 51.5 Å². The molecule has 0 aromatic carbocycles. The zero-order valence-corrected chi connectivity index (χ0v) is 14.5. The number of nitrogens with zero attached hydrogens (tertiary/aromatic N) is 4. The summed E-state index contributed by atoms with van der Waals surface area (Å²) in [6.45, 7) is 5.88. The van der Waals surface area contributed by atoms with Gasteiger partial charge in [0.15, 0.2) is 5.13 Å². The Labute approximate surface area is 140 Å². The van der Waals surface area contributed by atoms with Crippen LogP contribution in [0.25, 0.3) is 0 Å². The Hall–Kier alpha value is -1.69. The van der Waals surface area contributed by atoms with Crippen molar-refractivity contribution in [2.24, 2.45) is 0 Å². The van der Waals surface area contributed by atoms with E-state index in [2.05, 4.69) is 23.8 Å². The largest absolute Gasteiger partial charge is 0.343 e. The monoisotopic (exact) mass is 330 g/mol. The number of rotatable bonds is 3. The maximum absolute atomic E-state index is 12.3. The van der Waals surface area contributed by atoms with Gasteiger partial charge in [-0.2, -0.15) is 5.10 Å². The maximum Gasteiger partial charge on any atom is 0.267 e. The first-order valence-electron chi connectivity index (χ1n) is 8.42. The predicted octanol–water partition coefficient (Wildman–Crippen LogP) is 2.47. The molecule has 0 N–H and O–H groups in total. The van der Waals surface area contributed by atoms with E-state index in [0.29, 0.717) is 12.6 Å². The van der Waals surface area contributed by atoms with E-state index in [1.54, 1.807) is 22.1 Å². The Morgan fingerprint density at radius 2 is 2.17 bits per heavy atom. The SMILES string of the molecule is Cc1nc(N2CCCC2Cn2nc3c(cc2=O)CCC3)sc1C. The van der Waals surface area contributed by atoms with Crippen molar-refractivity contribution in [3.05, 3.63) is 38.2 Å². The van der Waals surface area contributed by atoms with E-state index in [-0.39, 0.29) is 5.56 Å². The van der Waals surface area contributed by atoms with Gasteiger partial charge in [0, 0.05) is 17.5 Å². The number of aromatic nitrogens is 3. The van der Waals surface area contributed by atoms with Crippen molar-refractivity contribution >= 4 is 16.5 Å². The number of fused-ring (bicyclic) bond motifs is 1. The fourth-order valence-electron chi connectivity index (χ4n) is 3.63. The lowest BCUT2D eigenvalue weighted by Gasteiger charge is -2.24. The maximum atomic E-state index is 12.3. The molecule has 1 fully saturated rings. The fraction of sp³-hybridized carbons (Fsp3) is 0.588. The summed E-state index contributed by atoms with van der Waals surface area (Å²) in [5, 5.41) is 5.72. The summed E-state index contributed by atoms with van der Waals surface area (Å²) >= 11 is 1.76. The van der Waals surface area contributed by atoms with Crippen molar-refractivity contribution in [2.75, 3.05) is 11.4 Å². The number of aryl methyl sites for hydroxylation is 4. The van der Waals surface area contributed by atoms with E-state index in [9.17, 15) is 4.79 Å². The van der Waals surface area contributed by atoms with E-state index in [0.717, 1.165) is 60.7 Å². The van der Waals surface area contributed by atoms with Gasteiger partial charge in [0.1, 0.15) is 0 Å². The summed E-state index contributed by atoms with van der Waals surface area (Å²) in [7, 11) is 0. The highest BCUT2D eigenvalue weighted by Gasteiger charge is 2.28. The minimum absolute atomic E-state index is 0.0454. The Balaban J connectivity index is 1.59. The van der Waals surface area contributed by atoms with Crippen molar-refractivity contribution in [2.45, 2.75) is 58.5 Å². The Kier molecular flexibility index (Phi) is 3.71. The highest BCUT2D eigenvalue weighted by atomic mass is 32.1. The zero-order valence-electron chi connectivity index (χ0n) is 13.7. The molecular weight excluding hydrogens is 308 g/mol. The summed E-state index contributed by atoms with van der Waals surface area (Å²) in [6.07, 6.45) is 5.39. The average molecular weight is 330 g/mol. The molecule has 5 nitrogen and oxygen atoms in total. The lowest BCUT2D eigenvalue weighted by Crippen LogP contribution is -2.37. The zero-order chi connectivity index (χ0) is 16.0. The first-order chi connectivity index (χ1) is 11.1. The van der Waals surface area contributed by atoms with Crippen LogP contribution in [0.3, 0.4) is 0 Å². The number of hydrogen-bond acceptors (Lipinski definition) is 5. The molecule has 1 aliphatic carbocycles. The molecule has 0 saturated carbocycles. The van der Waals surface area contributed by atoms with E-state index in [1.807, 2.05) is 0 Å². The van der Waals surface area contributed by atoms with E-state index in [4.69, 9.17) is 4.98 Å². The Morgan fingerprint density at radius 1 is 1.30 bits per heavy atom. The van der Waals surface area contributed by atoms with Gasteiger partial charge in [-0.1, -0.05) is 0 Å². The third kappa shape index (κ3) is 2.69. The van der Waals surface area contributed by atoms with Crippen LogP contribution >= 0.6 is 11.3 Å². The molecule has 1 unspecified atom stereocenters. The molecule has 2 aromatic heterocycles. The van der Waals surface area contributed by atoms with Gasteiger partial charge in [-0.15, -0.1) is 11.3 Å². The smallest absolute Gasteiger partial charge is 0.267 e. The van der Waals surface area contributed by atoms with Crippen LogP contribution in [0.2, 0.25) is 0 Å². The molecule has 0 spiro atoms. The molecule has 0 radical (unpaired) electrons. The van der Waals surface area contributed by atoms with Crippen LogP contribution in [0.4, 0.5) is 5.13 Å². The van der Waals surface area contributed by atoms with Crippen molar-refractivity contribution in [1.29, 1.82) is 0 Å². The van der Waals surface area contributed by atoms with Crippen LogP contribution in [0.15, 0.2) is 10.9 Å². The molecule has 0 amide bonds. The first kappa shape index (κ1) is 14.9. The van der Waals surface area contributed by atoms with Gasteiger partial charge in [0.2, 0.25) is 0 Å². The van der Waals surface area contributed by atoms with Gasteiger partial charge < -0.3 is 4.90 Å². The molecule has 1 atom stereocenters. The highest BCUT2D eigenvalue weighted by molar-refractivity contribution is 7.15. The molecule has 122 valence electrons. The van der Waals surface area contributed by atoms with Crippen LogP contribution in [-0.4, -0.2) is 27.4 Å². The molecule has 6 heteroatoms. The van der Waals surface area contributed by atoms with E-state index in [1.165, 1.54) is 4.88 Å². The molecule has 1 saturated heterocycles.